The molecule has 0 saturated heterocycles. The third-order valence-electron chi connectivity index (χ3n) is 3.25. The van der Waals surface area contributed by atoms with Crippen molar-refractivity contribution in [3.8, 4) is 5.75 Å². The smallest absolute Gasteiger partial charge is 0.744 e. The molecule has 0 fully saturated rings. The van der Waals surface area contributed by atoms with Crippen molar-refractivity contribution in [2.24, 2.45) is 0 Å². The summed E-state index contributed by atoms with van der Waals surface area (Å²) in [6, 6.07) is 4.26. The van der Waals surface area contributed by atoms with Gasteiger partial charge in [0.25, 0.3) is 0 Å². The van der Waals surface area contributed by atoms with E-state index in [2.05, 4.69) is 11.7 Å². The largest absolute Gasteiger partial charge is 1.00 e. The average molecular weight is 380 g/mol. The minimum absolute atomic E-state index is 0. The van der Waals surface area contributed by atoms with Gasteiger partial charge in [-0.15, -0.1) is 0 Å². The molecule has 0 aliphatic carbocycles. The van der Waals surface area contributed by atoms with Crippen LogP contribution in [-0.2, 0) is 19.6 Å². The Labute approximate surface area is 170 Å². The van der Waals surface area contributed by atoms with Crippen LogP contribution in [0.25, 0.3) is 0 Å². The Morgan fingerprint density at radius 1 is 1.00 bits per heavy atom. The summed E-state index contributed by atoms with van der Waals surface area (Å²) >= 11 is 0. The van der Waals surface area contributed by atoms with E-state index in [-0.39, 0.29) is 41.7 Å². The molecule has 0 saturated carbocycles. The summed E-state index contributed by atoms with van der Waals surface area (Å²) in [5.74, 6) is -0.700. The van der Waals surface area contributed by atoms with Gasteiger partial charge in [0.05, 0.1) is 4.90 Å². The summed E-state index contributed by atoms with van der Waals surface area (Å²) in [5, 5.41) is 0. The van der Waals surface area contributed by atoms with Crippen molar-refractivity contribution in [3.05, 3.63) is 24.3 Å². The van der Waals surface area contributed by atoms with Crippen LogP contribution in [0.2, 0.25) is 0 Å². The zero-order valence-electron chi connectivity index (χ0n) is 14.5. The molecule has 0 radical (unpaired) electrons. The van der Waals surface area contributed by atoms with Crippen LogP contribution in [-0.4, -0.2) is 25.1 Å². The van der Waals surface area contributed by atoms with Gasteiger partial charge in [0.2, 0.25) is 0 Å². The number of hydrogen-bond acceptors (Lipinski definition) is 7. The second-order valence-corrected chi connectivity index (χ2v) is 6.65. The van der Waals surface area contributed by atoms with Gasteiger partial charge in [-0.1, -0.05) is 39.0 Å². The Hall–Kier alpha value is -0.930. The van der Waals surface area contributed by atoms with E-state index in [1.54, 1.807) is 0 Å². The molecular formula is C16H21NaO7S. The predicted octanol–water partition coefficient (Wildman–Crippen LogP) is 0.387. The van der Waals surface area contributed by atoms with Crippen molar-refractivity contribution in [2.75, 3.05) is 0 Å². The van der Waals surface area contributed by atoms with E-state index in [0.717, 1.165) is 49.9 Å². The molecular weight excluding hydrogens is 359 g/mol. The van der Waals surface area contributed by atoms with E-state index in [9.17, 15) is 22.6 Å². The molecule has 1 rings (SSSR count). The number of esters is 1. The van der Waals surface area contributed by atoms with Gasteiger partial charge in [-0.3, -0.25) is 4.79 Å². The monoisotopic (exact) mass is 380 g/mol. The maximum absolute atomic E-state index is 11.5. The fraction of sp³-hybridized carbons (Fsp3) is 0.500. The second kappa shape index (κ2) is 12.4. The topological polar surface area (TPSA) is 110 Å². The quantitative estimate of drug-likeness (QED) is 0.152. The summed E-state index contributed by atoms with van der Waals surface area (Å²) in [6.07, 6.45) is 4.97. The Balaban J connectivity index is 0.00000576. The van der Waals surface area contributed by atoms with Crippen molar-refractivity contribution in [3.63, 3.8) is 0 Å². The van der Waals surface area contributed by atoms with Crippen LogP contribution < -0.4 is 34.3 Å². The molecule has 0 heterocycles. The normalized spacial score (nSPS) is 10.6. The van der Waals surface area contributed by atoms with E-state index in [0.29, 0.717) is 6.42 Å². The van der Waals surface area contributed by atoms with E-state index in [1.807, 2.05) is 0 Å². The van der Waals surface area contributed by atoms with Crippen LogP contribution in [0.4, 0.5) is 4.79 Å². The molecule has 0 atom stereocenters. The number of carbonyl (C=O) groups excluding carboxylic acids is 2. The van der Waals surface area contributed by atoms with Gasteiger partial charge < -0.3 is 14.0 Å². The van der Waals surface area contributed by atoms with E-state index in [1.165, 1.54) is 6.42 Å². The number of rotatable bonds is 9. The number of unbranched alkanes of at least 4 members (excludes halogenated alkanes) is 5. The van der Waals surface area contributed by atoms with Gasteiger partial charge in [-0.2, -0.15) is 0 Å². The number of benzene rings is 1. The van der Waals surface area contributed by atoms with Gasteiger partial charge in [0, 0.05) is 6.42 Å². The zero-order valence-corrected chi connectivity index (χ0v) is 17.3. The number of carbonyl (C=O) groups is 2. The van der Waals surface area contributed by atoms with Crippen molar-refractivity contribution < 1.29 is 61.6 Å². The summed E-state index contributed by atoms with van der Waals surface area (Å²) < 4.78 is 41.5. The molecule has 1 aromatic rings. The fourth-order valence-electron chi connectivity index (χ4n) is 1.99. The molecule has 25 heavy (non-hydrogen) atoms. The summed E-state index contributed by atoms with van der Waals surface area (Å²) in [5.41, 5.74) is 0. The summed E-state index contributed by atoms with van der Waals surface area (Å²) in [6.45, 7) is 2.12. The molecule has 9 heteroatoms. The molecule has 7 nitrogen and oxygen atoms in total. The first-order valence-electron chi connectivity index (χ1n) is 7.81. The van der Waals surface area contributed by atoms with Crippen molar-refractivity contribution in [1.82, 2.24) is 0 Å². The first kappa shape index (κ1) is 24.1. The molecule has 0 aromatic heterocycles. The Morgan fingerprint density at radius 3 is 2.12 bits per heavy atom. The zero-order chi connectivity index (χ0) is 18.0. The van der Waals surface area contributed by atoms with Gasteiger partial charge >= 0.3 is 41.7 Å². The molecule has 0 bridgehead atoms. The van der Waals surface area contributed by atoms with Crippen LogP contribution in [0.3, 0.4) is 0 Å². The molecule has 0 unspecified atom stereocenters. The van der Waals surface area contributed by atoms with Gasteiger partial charge in [-0.25, -0.2) is 13.2 Å². The van der Waals surface area contributed by atoms with Gasteiger partial charge in [0.1, 0.15) is 15.9 Å². The molecule has 1 aromatic carbocycles. The molecule has 0 amide bonds. The van der Waals surface area contributed by atoms with Crippen LogP contribution >= 0.6 is 0 Å². The van der Waals surface area contributed by atoms with Crippen LogP contribution in [0, 0.1) is 0 Å². The van der Waals surface area contributed by atoms with Gasteiger partial charge in [-0.05, 0) is 30.7 Å². The van der Waals surface area contributed by atoms with Crippen molar-refractivity contribution in [2.45, 2.75) is 56.8 Å². The minimum atomic E-state index is -4.56. The Kier molecular flexibility index (Phi) is 12.0. The summed E-state index contributed by atoms with van der Waals surface area (Å²) in [7, 11) is -4.56. The molecule has 0 N–H and O–H groups in total. The third kappa shape index (κ3) is 10.6. The Bertz CT molecular complexity index is 641. The molecule has 0 aliphatic heterocycles. The minimum Gasteiger partial charge on any atom is -0.744 e. The number of ether oxygens (including phenoxy) is 2. The van der Waals surface area contributed by atoms with E-state index < -0.39 is 27.1 Å². The van der Waals surface area contributed by atoms with Crippen LogP contribution in [0.15, 0.2) is 29.2 Å². The maximum atomic E-state index is 11.5. The standard InChI is InChI=1S/C16H22O7S.Na/c1-2-3-4-5-6-7-8-15(17)23-16(18)22-13-9-11-14(12-10-13)24(19,20)21;/h9-12H,2-8H2,1H3,(H,19,20,21);/q;+1/p-1. The van der Waals surface area contributed by atoms with Crippen LogP contribution in [0.1, 0.15) is 51.9 Å². The van der Waals surface area contributed by atoms with E-state index in [4.69, 9.17) is 4.74 Å². The molecule has 0 aliphatic rings. The first-order valence-corrected chi connectivity index (χ1v) is 9.22. The molecule has 0 spiro atoms. The van der Waals surface area contributed by atoms with Crippen molar-refractivity contribution >= 4 is 22.2 Å². The second-order valence-electron chi connectivity index (χ2n) is 5.27. The van der Waals surface area contributed by atoms with Gasteiger partial charge in [0.15, 0.2) is 0 Å². The first-order chi connectivity index (χ1) is 11.3. The fourth-order valence-corrected chi connectivity index (χ4v) is 2.45. The summed E-state index contributed by atoms with van der Waals surface area (Å²) in [4.78, 5) is 22.5. The number of hydrogen-bond donors (Lipinski definition) is 0. The SMILES string of the molecule is CCCCCCCCC(=O)OC(=O)Oc1ccc(S(=O)(=O)[O-])cc1.[Na+]. The average Bonchev–Trinajstić information content (AvgIpc) is 2.50. The van der Waals surface area contributed by atoms with Crippen molar-refractivity contribution in [1.29, 1.82) is 0 Å². The predicted molar refractivity (Wildman–Crippen MR) is 84.5 cm³/mol. The maximum Gasteiger partial charge on any atom is 1.00 e. The van der Waals surface area contributed by atoms with E-state index >= 15 is 0 Å². The molecule has 134 valence electrons. The van der Waals surface area contributed by atoms with Crippen LogP contribution in [0.5, 0.6) is 5.75 Å². The Morgan fingerprint density at radius 2 is 1.56 bits per heavy atom. The third-order valence-corrected chi connectivity index (χ3v) is 4.09.